The minimum absolute atomic E-state index is 0.0404. The van der Waals surface area contributed by atoms with E-state index >= 15 is 0 Å². The van der Waals surface area contributed by atoms with Crippen LogP contribution in [-0.2, 0) is 4.79 Å². The van der Waals surface area contributed by atoms with Gasteiger partial charge in [-0.25, -0.2) is 0 Å². The van der Waals surface area contributed by atoms with E-state index in [9.17, 15) is 9.59 Å². The average Bonchev–Trinajstić information content (AvgIpc) is 3.52. The number of nitrogens with zero attached hydrogens (tertiary/aromatic N) is 2. The minimum atomic E-state index is -0.469. The highest BCUT2D eigenvalue weighted by atomic mass is 32.2. The second-order valence-electron chi connectivity index (χ2n) is 11.4. The van der Waals surface area contributed by atoms with Crippen molar-refractivity contribution in [2.24, 2.45) is 33.9 Å². The fourth-order valence-corrected chi connectivity index (χ4v) is 8.35. The van der Waals surface area contributed by atoms with Crippen molar-refractivity contribution in [1.82, 2.24) is 10.2 Å². The van der Waals surface area contributed by atoms with Crippen molar-refractivity contribution in [2.75, 3.05) is 26.2 Å². The largest absolute Gasteiger partial charge is 0.492 e. The second-order valence-corrected chi connectivity index (χ2v) is 12.9. The number of aliphatic imine (C=N–C) groups is 1. The van der Waals surface area contributed by atoms with Crippen LogP contribution in [-0.4, -0.2) is 58.9 Å². The van der Waals surface area contributed by atoms with Crippen molar-refractivity contribution in [1.29, 1.82) is 0 Å². The number of rotatable bonds is 7. The van der Waals surface area contributed by atoms with Crippen molar-refractivity contribution >= 4 is 28.7 Å². The summed E-state index contributed by atoms with van der Waals surface area (Å²) < 4.78 is 5.10. The summed E-state index contributed by atoms with van der Waals surface area (Å²) in [5.74, 6) is 2.90. The maximum Gasteiger partial charge on any atom is 0.253 e. The number of nitrogens with two attached hydrogens (primary N) is 1. The lowest BCUT2D eigenvalue weighted by molar-refractivity contribution is -0.121. The van der Waals surface area contributed by atoms with E-state index in [1.807, 2.05) is 23.1 Å². The molecule has 6 rings (SSSR count). The Morgan fingerprint density at radius 3 is 2.80 bits per heavy atom. The Balaban J connectivity index is 1.02. The van der Waals surface area contributed by atoms with E-state index in [2.05, 4.69) is 12.2 Å². The van der Waals surface area contributed by atoms with Crippen molar-refractivity contribution in [3.8, 4) is 5.75 Å². The maximum absolute atomic E-state index is 13.0. The predicted molar refractivity (Wildman–Crippen MR) is 137 cm³/mol. The molecule has 8 heteroatoms. The van der Waals surface area contributed by atoms with Crippen LogP contribution in [0.25, 0.3) is 0 Å². The number of ether oxygens (including phenoxy) is 1. The maximum atomic E-state index is 13.0. The molecule has 0 bridgehead atoms. The van der Waals surface area contributed by atoms with Gasteiger partial charge in [-0.15, -0.1) is 0 Å². The Morgan fingerprint density at radius 1 is 1.31 bits per heavy atom. The summed E-state index contributed by atoms with van der Waals surface area (Å²) in [4.78, 5) is 33.0. The summed E-state index contributed by atoms with van der Waals surface area (Å²) in [5, 5.41) is 3.95. The Kier molecular flexibility index (Phi) is 5.87. The first kappa shape index (κ1) is 23.3. The molecule has 2 aliphatic heterocycles. The molecule has 2 heterocycles. The molecule has 1 spiro atoms. The van der Waals surface area contributed by atoms with Gasteiger partial charge in [-0.1, -0.05) is 17.8 Å². The predicted octanol–water partition coefficient (Wildman–Crippen LogP) is 3.43. The summed E-state index contributed by atoms with van der Waals surface area (Å²) in [6, 6.07) is 7.75. The van der Waals surface area contributed by atoms with Crippen molar-refractivity contribution in [2.45, 2.75) is 62.7 Å². The number of hydrogen-bond acceptors (Lipinski definition) is 6. The number of likely N-dealkylation sites (tertiary alicyclic amines) is 1. The summed E-state index contributed by atoms with van der Waals surface area (Å²) in [7, 11) is 0. The van der Waals surface area contributed by atoms with Crippen LogP contribution in [0, 0.1) is 23.2 Å². The smallest absolute Gasteiger partial charge is 0.253 e. The highest BCUT2D eigenvalue weighted by molar-refractivity contribution is 8.16. The zero-order chi connectivity index (χ0) is 24.2. The molecule has 4 unspecified atom stereocenters. The topological polar surface area (TPSA) is 97.0 Å². The van der Waals surface area contributed by atoms with E-state index in [-0.39, 0.29) is 11.8 Å². The lowest BCUT2D eigenvalue weighted by atomic mass is 9.71. The molecule has 35 heavy (non-hydrogen) atoms. The standard InChI is InChI=1S/C27H36N4O3S/c1-26(24(33)30-25(35-26)29-22-14-19-5-8-27(19)16-21(22)27)15-17-6-10-31(11-7-17)23(32)18-3-2-4-20(13-18)34-12-9-28/h2-4,13,17,19,21-22H,5-12,14-16,28H2,1H3,(H,29,30,33)/t19?,21?,22-,26?,27?/m0/s1. The van der Waals surface area contributed by atoms with Crippen LogP contribution >= 0.6 is 11.8 Å². The molecule has 5 aliphatic rings. The normalized spacial score (nSPS) is 37.0. The number of piperidine rings is 1. The lowest BCUT2D eigenvalue weighted by Crippen LogP contribution is -2.41. The Bertz CT molecular complexity index is 1050. The number of benzene rings is 1. The Labute approximate surface area is 211 Å². The van der Waals surface area contributed by atoms with Gasteiger partial charge in [0.1, 0.15) is 12.4 Å². The van der Waals surface area contributed by atoms with E-state index in [0.717, 1.165) is 36.3 Å². The van der Waals surface area contributed by atoms with Gasteiger partial charge < -0.3 is 20.7 Å². The molecule has 5 fully saturated rings. The third-order valence-electron chi connectivity index (χ3n) is 9.29. The number of amides is 2. The molecular weight excluding hydrogens is 460 g/mol. The average molecular weight is 497 g/mol. The van der Waals surface area contributed by atoms with Gasteiger partial charge in [0.05, 0.1) is 10.8 Å². The zero-order valence-electron chi connectivity index (χ0n) is 20.5. The molecule has 2 amide bonds. The quantitative estimate of drug-likeness (QED) is 0.603. The van der Waals surface area contributed by atoms with Gasteiger partial charge in [0, 0.05) is 25.2 Å². The van der Waals surface area contributed by atoms with Crippen molar-refractivity contribution in [3.05, 3.63) is 29.8 Å². The number of thioether (sulfide) groups is 1. The molecular formula is C27H36N4O3S. The number of carbonyl (C=O) groups is 2. The van der Waals surface area contributed by atoms with Gasteiger partial charge in [-0.2, -0.15) is 0 Å². The molecule has 0 radical (unpaired) electrons. The molecule has 7 nitrogen and oxygen atoms in total. The summed E-state index contributed by atoms with van der Waals surface area (Å²) in [6.07, 6.45) is 8.01. The monoisotopic (exact) mass is 496 g/mol. The van der Waals surface area contributed by atoms with Crippen LogP contribution in [0.15, 0.2) is 29.3 Å². The first-order chi connectivity index (χ1) is 16.9. The van der Waals surface area contributed by atoms with Crippen LogP contribution in [0.5, 0.6) is 5.75 Å². The van der Waals surface area contributed by atoms with Crippen LogP contribution < -0.4 is 15.8 Å². The van der Waals surface area contributed by atoms with Crippen LogP contribution in [0.2, 0.25) is 0 Å². The number of amidine groups is 1. The summed E-state index contributed by atoms with van der Waals surface area (Å²) in [5.41, 5.74) is 6.81. The van der Waals surface area contributed by atoms with Gasteiger partial charge in [-0.05, 0) is 93.2 Å². The SMILES string of the molecule is CC1(CC2CCN(C(=O)c3cccc(OCCN)c3)CC2)SC(=N[C@H]2CC3CCC34CC24)NC1=O. The van der Waals surface area contributed by atoms with Crippen LogP contribution in [0.4, 0.5) is 0 Å². The molecule has 3 N–H and O–H groups in total. The fraction of sp³-hybridized carbons (Fsp3) is 0.667. The van der Waals surface area contributed by atoms with E-state index < -0.39 is 4.75 Å². The minimum Gasteiger partial charge on any atom is -0.492 e. The third-order valence-corrected chi connectivity index (χ3v) is 10.5. The van der Waals surface area contributed by atoms with Gasteiger partial charge in [0.15, 0.2) is 5.17 Å². The third kappa shape index (κ3) is 4.16. The fourth-order valence-electron chi connectivity index (χ4n) is 7.12. The Hall–Kier alpha value is -2.06. The first-order valence-corrected chi connectivity index (χ1v) is 14.0. The summed E-state index contributed by atoms with van der Waals surface area (Å²) >= 11 is 1.64. The summed E-state index contributed by atoms with van der Waals surface area (Å²) in [6.45, 7) is 4.37. The molecule has 1 aromatic carbocycles. The van der Waals surface area contributed by atoms with E-state index in [1.165, 1.54) is 25.7 Å². The number of hydrogen-bond donors (Lipinski definition) is 2. The molecule has 188 valence electrons. The van der Waals surface area contributed by atoms with Crippen LogP contribution in [0.1, 0.15) is 62.2 Å². The zero-order valence-corrected chi connectivity index (χ0v) is 21.3. The van der Waals surface area contributed by atoms with E-state index in [0.29, 0.717) is 54.9 Å². The first-order valence-electron chi connectivity index (χ1n) is 13.2. The van der Waals surface area contributed by atoms with Gasteiger partial charge >= 0.3 is 0 Å². The molecule has 5 atom stereocenters. The highest BCUT2D eigenvalue weighted by Crippen LogP contribution is 2.76. The molecule has 1 aromatic rings. The lowest BCUT2D eigenvalue weighted by Gasteiger charge is -2.34. The number of nitrogens with one attached hydrogen (secondary N) is 1. The van der Waals surface area contributed by atoms with Gasteiger partial charge in [-0.3, -0.25) is 14.6 Å². The molecule has 3 saturated carbocycles. The van der Waals surface area contributed by atoms with E-state index in [4.69, 9.17) is 15.5 Å². The van der Waals surface area contributed by atoms with Crippen LogP contribution in [0.3, 0.4) is 0 Å². The van der Waals surface area contributed by atoms with Crippen molar-refractivity contribution < 1.29 is 14.3 Å². The number of carbonyl (C=O) groups excluding carboxylic acids is 2. The van der Waals surface area contributed by atoms with Crippen molar-refractivity contribution in [3.63, 3.8) is 0 Å². The van der Waals surface area contributed by atoms with Gasteiger partial charge in [0.2, 0.25) is 5.91 Å². The second kappa shape index (κ2) is 8.80. The molecule has 0 aromatic heterocycles. The Morgan fingerprint density at radius 2 is 2.14 bits per heavy atom. The van der Waals surface area contributed by atoms with Gasteiger partial charge in [0.25, 0.3) is 5.91 Å². The highest BCUT2D eigenvalue weighted by Gasteiger charge is 2.70. The van der Waals surface area contributed by atoms with E-state index in [1.54, 1.807) is 17.8 Å². The molecule has 3 aliphatic carbocycles. The molecule has 2 saturated heterocycles.